The Kier molecular flexibility index (Phi) is 8.06. The molecule has 178 valence electrons. The van der Waals surface area contributed by atoms with Crippen LogP contribution in [0.5, 0.6) is 5.75 Å². The molecule has 0 bridgehead atoms. The van der Waals surface area contributed by atoms with Crippen molar-refractivity contribution in [3.05, 3.63) is 53.6 Å². The van der Waals surface area contributed by atoms with Crippen LogP contribution in [0.15, 0.2) is 47.4 Å². The van der Waals surface area contributed by atoms with E-state index in [1.165, 1.54) is 35.5 Å². The Morgan fingerprint density at radius 1 is 1.06 bits per heavy atom. The Hall–Kier alpha value is -2.95. The molecule has 1 aliphatic heterocycles. The number of nitrogens with zero attached hydrogens (tertiary/aromatic N) is 1. The van der Waals surface area contributed by atoms with Crippen molar-refractivity contribution < 1.29 is 32.2 Å². The minimum atomic E-state index is -3.62. The van der Waals surface area contributed by atoms with Gasteiger partial charge < -0.3 is 19.5 Å². The van der Waals surface area contributed by atoms with E-state index in [2.05, 4.69) is 5.32 Å². The fraction of sp³-hybridized carbons (Fsp3) is 0.391. The third kappa shape index (κ3) is 6.53. The zero-order chi connectivity index (χ0) is 24.0. The van der Waals surface area contributed by atoms with Crippen molar-refractivity contribution >= 4 is 27.6 Å². The normalized spacial score (nSPS) is 15.5. The van der Waals surface area contributed by atoms with Gasteiger partial charge in [0.25, 0.3) is 5.91 Å². The van der Waals surface area contributed by atoms with Crippen molar-refractivity contribution in [2.24, 2.45) is 0 Å². The van der Waals surface area contributed by atoms with Gasteiger partial charge >= 0.3 is 5.97 Å². The third-order valence-corrected chi connectivity index (χ3v) is 7.16. The first-order valence-corrected chi connectivity index (χ1v) is 12.0. The summed E-state index contributed by atoms with van der Waals surface area (Å²) in [6.07, 6.45) is -1.06. The van der Waals surface area contributed by atoms with Gasteiger partial charge in [-0.25, -0.2) is 13.2 Å². The van der Waals surface area contributed by atoms with Crippen molar-refractivity contribution in [2.45, 2.75) is 31.8 Å². The van der Waals surface area contributed by atoms with Crippen molar-refractivity contribution in [1.29, 1.82) is 0 Å². The zero-order valence-corrected chi connectivity index (χ0v) is 19.7. The first-order valence-electron chi connectivity index (χ1n) is 10.5. The molecule has 9 nitrogen and oxygen atoms in total. The van der Waals surface area contributed by atoms with Gasteiger partial charge in [0.15, 0.2) is 12.7 Å². The molecule has 1 aliphatic rings. The molecule has 0 saturated carbocycles. The highest BCUT2D eigenvalue weighted by atomic mass is 32.2. The van der Waals surface area contributed by atoms with Gasteiger partial charge in [-0.3, -0.25) is 4.79 Å². The van der Waals surface area contributed by atoms with Gasteiger partial charge in [-0.15, -0.1) is 0 Å². The number of hydrogen-bond acceptors (Lipinski definition) is 7. The summed E-state index contributed by atoms with van der Waals surface area (Å²) in [6, 6.07) is 11.3. The van der Waals surface area contributed by atoms with Crippen LogP contribution < -0.4 is 10.1 Å². The van der Waals surface area contributed by atoms with Crippen molar-refractivity contribution in [3.63, 3.8) is 0 Å². The smallest absolute Gasteiger partial charge is 0.344 e. The maximum atomic E-state index is 12.7. The van der Waals surface area contributed by atoms with Gasteiger partial charge in [-0.05, 0) is 68.3 Å². The highest BCUT2D eigenvalue weighted by Crippen LogP contribution is 2.20. The Bertz CT molecular complexity index is 1090. The van der Waals surface area contributed by atoms with Crippen LogP contribution in [0.3, 0.4) is 0 Å². The number of morpholine rings is 1. The fourth-order valence-corrected chi connectivity index (χ4v) is 4.53. The van der Waals surface area contributed by atoms with E-state index in [0.29, 0.717) is 37.7 Å². The van der Waals surface area contributed by atoms with Crippen LogP contribution in [0.1, 0.15) is 18.1 Å². The Labute approximate surface area is 193 Å². The number of nitrogens with one attached hydrogen (secondary N) is 1. The van der Waals surface area contributed by atoms with Crippen molar-refractivity contribution in [2.75, 3.05) is 38.2 Å². The van der Waals surface area contributed by atoms with Gasteiger partial charge in [0.05, 0.1) is 18.1 Å². The van der Waals surface area contributed by atoms with Gasteiger partial charge in [0.2, 0.25) is 10.0 Å². The summed E-state index contributed by atoms with van der Waals surface area (Å²) in [4.78, 5) is 24.5. The van der Waals surface area contributed by atoms with E-state index in [9.17, 15) is 18.0 Å². The largest absolute Gasteiger partial charge is 0.482 e. The molecule has 33 heavy (non-hydrogen) atoms. The van der Waals surface area contributed by atoms with Crippen LogP contribution in [0.2, 0.25) is 0 Å². The predicted molar refractivity (Wildman–Crippen MR) is 122 cm³/mol. The molecule has 1 saturated heterocycles. The molecule has 0 spiro atoms. The average Bonchev–Trinajstić information content (AvgIpc) is 2.80. The quantitative estimate of drug-likeness (QED) is 0.582. The van der Waals surface area contributed by atoms with Gasteiger partial charge in [-0.1, -0.05) is 6.07 Å². The van der Waals surface area contributed by atoms with Gasteiger partial charge in [0, 0.05) is 18.8 Å². The summed E-state index contributed by atoms with van der Waals surface area (Å²) < 4.78 is 42.4. The number of hydrogen-bond donors (Lipinski definition) is 1. The van der Waals surface area contributed by atoms with Gasteiger partial charge in [-0.2, -0.15) is 4.31 Å². The van der Waals surface area contributed by atoms with Gasteiger partial charge in [0.1, 0.15) is 5.75 Å². The molecule has 1 atom stereocenters. The molecule has 0 radical (unpaired) electrons. The third-order valence-electron chi connectivity index (χ3n) is 5.24. The van der Waals surface area contributed by atoms with Crippen molar-refractivity contribution in [3.8, 4) is 5.75 Å². The summed E-state index contributed by atoms with van der Waals surface area (Å²) in [5, 5.41) is 2.61. The molecule has 0 aliphatic carbocycles. The molecule has 3 rings (SSSR count). The summed E-state index contributed by atoms with van der Waals surface area (Å²) in [7, 11) is -3.62. The molecule has 1 heterocycles. The number of amides is 1. The molecule has 1 N–H and O–H groups in total. The average molecular weight is 477 g/mol. The molecular formula is C23H28N2O7S. The first kappa shape index (κ1) is 24.7. The molecule has 2 aromatic carbocycles. The second-order valence-electron chi connectivity index (χ2n) is 7.70. The molecular weight excluding hydrogens is 448 g/mol. The van der Waals surface area contributed by atoms with Crippen molar-refractivity contribution in [1.82, 2.24) is 4.31 Å². The van der Waals surface area contributed by atoms with E-state index in [1.54, 1.807) is 6.07 Å². The number of sulfonamides is 1. The van der Waals surface area contributed by atoms with E-state index in [-0.39, 0.29) is 11.5 Å². The Morgan fingerprint density at radius 2 is 1.73 bits per heavy atom. The predicted octanol–water partition coefficient (Wildman–Crippen LogP) is 2.27. The number of anilines is 1. The molecule has 10 heteroatoms. The maximum Gasteiger partial charge on any atom is 0.344 e. The minimum absolute atomic E-state index is 0.130. The SMILES string of the molecule is Cc1ccc(OCC(=O)OC(C)C(=O)Nc2ccc(S(=O)(=O)N3CCOCC3)cc2)cc1C. The number of aryl methyl sites for hydroxylation is 2. The lowest BCUT2D eigenvalue weighted by Gasteiger charge is -2.26. The van der Waals surface area contributed by atoms with E-state index in [4.69, 9.17) is 14.2 Å². The monoisotopic (exact) mass is 476 g/mol. The number of carbonyl (C=O) groups excluding carboxylic acids is 2. The number of benzene rings is 2. The summed E-state index contributed by atoms with van der Waals surface area (Å²) in [5.41, 5.74) is 2.54. The topological polar surface area (TPSA) is 111 Å². The first-order chi connectivity index (χ1) is 15.7. The minimum Gasteiger partial charge on any atom is -0.482 e. The molecule has 1 fully saturated rings. The summed E-state index contributed by atoms with van der Waals surface area (Å²) >= 11 is 0. The van der Waals surface area contributed by atoms with E-state index in [0.717, 1.165) is 11.1 Å². The second-order valence-corrected chi connectivity index (χ2v) is 9.63. The maximum absolute atomic E-state index is 12.7. The van der Waals surface area contributed by atoms with E-state index in [1.807, 2.05) is 26.0 Å². The molecule has 1 amide bonds. The van der Waals surface area contributed by atoms with E-state index >= 15 is 0 Å². The molecule has 2 aromatic rings. The number of rotatable bonds is 8. The Morgan fingerprint density at radius 3 is 2.36 bits per heavy atom. The number of ether oxygens (including phenoxy) is 3. The van der Waals surface area contributed by atoms with Crippen LogP contribution in [0.25, 0.3) is 0 Å². The summed E-state index contributed by atoms with van der Waals surface area (Å²) in [5.74, 6) is -0.680. The highest BCUT2D eigenvalue weighted by Gasteiger charge is 2.26. The molecule has 0 aromatic heterocycles. The zero-order valence-electron chi connectivity index (χ0n) is 18.9. The second kappa shape index (κ2) is 10.8. The van der Waals surface area contributed by atoms with Crippen LogP contribution >= 0.6 is 0 Å². The number of esters is 1. The lowest BCUT2D eigenvalue weighted by atomic mass is 10.1. The van der Waals surface area contributed by atoms with Crippen LogP contribution in [0, 0.1) is 13.8 Å². The lowest BCUT2D eigenvalue weighted by Crippen LogP contribution is -2.40. The van der Waals surface area contributed by atoms with Crippen LogP contribution in [-0.2, 0) is 29.1 Å². The van der Waals surface area contributed by atoms with Crippen LogP contribution in [-0.4, -0.2) is 63.6 Å². The number of carbonyl (C=O) groups is 2. The lowest BCUT2D eigenvalue weighted by molar-refractivity contribution is -0.155. The van der Waals surface area contributed by atoms with E-state index < -0.39 is 28.0 Å². The Balaban J connectivity index is 1.50. The molecule has 1 unspecified atom stereocenters. The van der Waals surface area contributed by atoms with Crippen LogP contribution in [0.4, 0.5) is 5.69 Å². The summed E-state index contributed by atoms with van der Waals surface area (Å²) in [6.45, 7) is 6.36. The fourth-order valence-electron chi connectivity index (χ4n) is 3.12. The highest BCUT2D eigenvalue weighted by molar-refractivity contribution is 7.89. The standard InChI is InChI=1S/C23H28N2O7S/c1-16-4-7-20(14-17(16)2)31-15-22(26)32-18(3)23(27)24-19-5-8-21(9-6-19)33(28,29)25-10-12-30-13-11-25/h4-9,14,18H,10-13,15H2,1-3H3,(H,24,27).